The van der Waals surface area contributed by atoms with E-state index in [1.54, 1.807) is 13.0 Å². The second-order valence-corrected chi connectivity index (χ2v) is 13.5. The van der Waals surface area contributed by atoms with Crippen LogP contribution in [0.5, 0.6) is 0 Å². The van der Waals surface area contributed by atoms with Crippen LogP contribution in [0.4, 0.5) is 0 Å². The first-order valence-corrected chi connectivity index (χ1v) is 14.6. The normalized spacial score (nSPS) is 25.6. The van der Waals surface area contributed by atoms with Crippen molar-refractivity contribution in [3.63, 3.8) is 0 Å². The number of cyclic esters (lactones) is 1. The van der Waals surface area contributed by atoms with Gasteiger partial charge in [0.2, 0.25) is 5.78 Å². The molecule has 33 heavy (non-hydrogen) atoms. The minimum atomic E-state index is -2.19. The second-order valence-electron chi connectivity index (χ2n) is 8.77. The van der Waals surface area contributed by atoms with E-state index in [4.69, 9.17) is 13.9 Å². The monoisotopic (exact) mass is 468 g/mol. The van der Waals surface area contributed by atoms with Crippen molar-refractivity contribution in [2.24, 2.45) is 0 Å². The molecule has 5 nitrogen and oxygen atoms in total. The van der Waals surface area contributed by atoms with E-state index in [0.29, 0.717) is 17.8 Å². The lowest BCUT2D eigenvalue weighted by molar-refractivity contribution is -0.160. The Kier molecular flexibility index (Phi) is 8.13. The molecule has 1 aromatic carbocycles. The number of esters is 1. The van der Waals surface area contributed by atoms with Gasteiger partial charge in [-0.2, -0.15) is 0 Å². The number of rotatable bonds is 10. The second kappa shape index (κ2) is 10.7. The molecule has 0 unspecified atom stereocenters. The largest absolute Gasteiger partial charge is 0.464 e. The molecule has 1 aromatic rings. The summed E-state index contributed by atoms with van der Waals surface area (Å²) in [4.78, 5) is 26.9. The van der Waals surface area contributed by atoms with E-state index in [9.17, 15) is 9.59 Å². The standard InChI is InChI=1S/C27H36O5Si/c1-6-10-11-15-18-22-20(5)24(28)27(31-22)25(32-33(7-2,8-3)9-4)23(30-26(27)29)19-21-16-13-12-14-17-21/h10-18,23,25H,6-9,19H2,1-5H3/b11-10+,18-15+/t23-,25+,27-/m1/s1. The fraction of sp³-hybridized carbons (Fsp3) is 0.481. The number of allylic oxidation sites excluding steroid dienone is 4. The van der Waals surface area contributed by atoms with Gasteiger partial charge < -0.3 is 13.9 Å². The number of hydrogen-bond acceptors (Lipinski definition) is 5. The third-order valence-electron chi connectivity index (χ3n) is 6.94. The van der Waals surface area contributed by atoms with Gasteiger partial charge in [0.15, 0.2) is 8.32 Å². The molecule has 0 amide bonds. The van der Waals surface area contributed by atoms with Gasteiger partial charge in [0.25, 0.3) is 5.60 Å². The van der Waals surface area contributed by atoms with E-state index in [1.165, 1.54) is 0 Å². The van der Waals surface area contributed by atoms with E-state index in [-0.39, 0.29) is 5.78 Å². The summed E-state index contributed by atoms with van der Waals surface area (Å²) in [6.45, 7) is 10.1. The van der Waals surface area contributed by atoms with Crippen LogP contribution in [-0.4, -0.2) is 37.9 Å². The summed E-state index contributed by atoms with van der Waals surface area (Å²) in [5, 5.41) is 0. The molecule has 0 N–H and O–H groups in total. The molecule has 0 bridgehead atoms. The van der Waals surface area contributed by atoms with Crippen molar-refractivity contribution in [3.05, 3.63) is 71.5 Å². The highest BCUT2D eigenvalue weighted by atomic mass is 28.4. The molecule has 6 heteroatoms. The number of carbonyl (C=O) groups excluding carboxylic acids is 2. The van der Waals surface area contributed by atoms with Crippen LogP contribution in [0.2, 0.25) is 18.1 Å². The van der Waals surface area contributed by atoms with E-state index in [0.717, 1.165) is 30.1 Å². The van der Waals surface area contributed by atoms with Crippen LogP contribution in [0.1, 0.15) is 46.6 Å². The molecule has 2 heterocycles. The molecule has 1 saturated heterocycles. The summed E-state index contributed by atoms with van der Waals surface area (Å²) in [6.07, 6.45) is 7.50. The molecule has 2 aliphatic heterocycles. The molecule has 178 valence electrons. The lowest BCUT2D eigenvalue weighted by Gasteiger charge is -2.37. The molecule has 0 saturated carbocycles. The van der Waals surface area contributed by atoms with E-state index in [2.05, 4.69) is 20.8 Å². The molecule has 0 aliphatic carbocycles. The zero-order valence-electron chi connectivity index (χ0n) is 20.4. The zero-order valence-corrected chi connectivity index (χ0v) is 21.4. The fourth-order valence-electron chi connectivity index (χ4n) is 4.61. The van der Waals surface area contributed by atoms with E-state index in [1.807, 2.05) is 55.5 Å². The van der Waals surface area contributed by atoms with Crippen molar-refractivity contribution in [3.8, 4) is 0 Å². The van der Waals surface area contributed by atoms with Crippen LogP contribution in [0, 0.1) is 0 Å². The highest BCUT2D eigenvalue weighted by Gasteiger charge is 2.69. The highest BCUT2D eigenvalue weighted by Crippen LogP contribution is 2.45. The van der Waals surface area contributed by atoms with Crippen LogP contribution in [-0.2, 0) is 29.9 Å². The topological polar surface area (TPSA) is 61.8 Å². The first-order chi connectivity index (χ1) is 15.9. The number of Topliss-reactive ketones (excluding diaryl/α,β-unsaturated/α-hetero) is 1. The lowest BCUT2D eigenvalue weighted by atomic mass is 9.87. The zero-order chi connectivity index (χ0) is 24.1. The molecule has 1 spiro atoms. The molecule has 0 aromatic heterocycles. The van der Waals surface area contributed by atoms with Gasteiger partial charge in [-0.3, -0.25) is 4.79 Å². The van der Waals surface area contributed by atoms with Crippen LogP contribution in [0.15, 0.2) is 66.0 Å². The summed E-state index contributed by atoms with van der Waals surface area (Å²) in [5.41, 5.74) is -0.313. The number of hydrogen-bond donors (Lipinski definition) is 0. The van der Waals surface area contributed by atoms with Gasteiger partial charge in [-0.25, -0.2) is 4.79 Å². The third kappa shape index (κ3) is 4.78. The maximum absolute atomic E-state index is 13.6. The van der Waals surface area contributed by atoms with Gasteiger partial charge in [0, 0.05) is 12.0 Å². The van der Waals surface area contributed by atoms with Gasteiger partial charge in [0.05, 0.1) is 0 Å². The number of benzene rings is 1. The average Bonchev–Trinajstić information content (AvgIpc) is 3.24. The Morgan fingerprint density at radius 3 is 2.30 bits per heavy atom. The summed E-state index contributed by atoms with van der Waals surface area (Å²) in [7, 11) is -2.19. The van der Waals surface area contributed by atoms with Gasteiger partial charge in [-0.15, -0.1) is 0 Å². The van der Waals surface area contributed by atoms with E-state index < -0.39 is 32.1 Å². The van der Waals surface area contributed by atoms with Crippen molar-refractivity contribution in [2.45, 2.75) is 83.4 Å². The van der Waals surface area contributed by atoms with Crippen molar-refractivity contribution < 1.29 is 23.5 Å². The third-order valence-corrected chi connectivity index (χ3v) is 11.6. The van der Waals surface area contributed by atoms with Crippen LogP contribution in [0.3, 0.4) is 0 Å². The van der Waals surface area contributed by atoms with Gasteiger partial charge in [0.1, 0.15) is 18.0 Å². The molecule has 0 radical (unpaired) electrons. The lowest BCUT2D eigenvalue weighted by Crippen LogP contribution is -2.57. The molecule has 1 fully saturated rings. The Labute approximate surface area is 198 Å². The van der Waals surface area contributed by atoms with Gasteiger partial charge >= 0.3 is 5.97 Å². The van der Waals surface area contributed by atoms with E-state index >= 15 is 0 Å². The Bertz CT molecular complexity index is 936. The number of carbonyl (C=O) groups is 2. The summed E-state index contributed by atoms with van der Waals surface area (Å²) in [5.74, 6) is -0.585. The summed E-state index contributed by atoms with van der Waals surface area (Å²) in [6, 6.07) is 12.5. The highest BCUT2D eigenvalue weighted by molar-refractivity contribution is 6.73. The minimum absolute atomic E-state index is 0.349. The summed E-state index contributed by atoms with van der Waals surface area (Å²) < 4.78 is 18.9. The minimum Gasteiger partial charge on any atom is -0.464 e. The Balaban J connectivity index is 2.01. The van der Waals surface area contributed by atoms with Gasteiger partial charge in [-0.05, 0) is 43.1 Å². The van der Waals surface area contributed by atoms with Crippen LogP contribution < -0.4 is 0 Å². The molecular formula is C27H36O5Si. The first-order valence-electron chi connectivity index (χ1n) is 12.1. The van der Waals surface area contributed by atoms with Crippen molar-refractivity contribution in [1.29, 1.82) is 0 Å². The fourth-order valence-corrected chi connectivity index (χ4v) is 7.47. The predicted molar refractivity (Wildman–Crippen MR) is 132 cm³/mol. The smallest absolute Gasteiger partial charge is 0.362 e. The van der Waals surface area contributed by atoms with Crippen molar-refractivity contribution in [2.75, 3.05) is 0 Å². The maximum Gasteiger partial charge on any atom is 0.362 e. The SMILES string of the molecule is CC/C=C/C=C/C1=C(C)C(=O)[C@]2(O1)C(=O)O[C@H](Cc1ccccc1)[C@@H]2O[Si](CC)(CC)CC. The number of ketones is 1. The quantitative estimate of drug-likeness (QED) is 0.191. The molecular weight excluding hydrogens is 432 g/mol. The van der Waals surface area contributed by atoms with Crippen molar-refractivity contribution >= 4 is 20.1 Å². The Hall–Kier alpha value is -2.44. The molecule has 3 atom stereocenters. The molecule has 3 rings (SSSR count). The Morgan fingerprint density at radius 2 is 1.70 bits per heavy atom. The van der Waals surface area contributed by atoms with Crippen LogP contribution in [0.25, 0.3) is 0 Å². The first kappa shape index (κ1) is 25.2. The van der Waals surface area contributed by atoms with Gasteiger partial charge in [-0.1, -0.05) is 76.3 Å². The molecule has 2 aliphatic rings. The predicted octanol–water partition coefficient (Wildman–Crippen LogP) is 5.68. The average molecular weight is 469 g/mol. The number of ether oxygens (including phenoxy) is 2. The maximum atomic E-state index is 13.6. The van der Waals surface area contributed by atoms with Crippen molar-refractivity contribution in [1.82, 2.24) is 0 Å². The summed E-state index contributed by atoms with van der Waals surface area (Å²) >= 11 is 0. The van der Waals surface area contributed by atoms with Crippen LogP contribution >= 0.6 is 0 Å². The Morgan fingerprint density at radius 1 is 1.03 bits per heavy atom.